The number of carbonyl (C=O) groups excluding carboxylic acids is 1. The Balaban J connectivity index is 1.21. The number of esters is 1. The summed E-state index contributed by atoms with van der Waals surface area (Å²) in [4.78, 5) is 12.0. The second kappa shape index (κ2) is 16.7. The Hall–Kier alpha value is -3.77. The first-order valence-corrected chi connectivity index (χ1v) is 19.9. The summed E-state index contributed by atoms with van der Waals surface area (Å²) in [7, 11) is 4.80. The zero-order valence-corrected chi connectivity index (χ0v) is 33.6. The molecule has 2 aromatic rings. The average Bonchev–Trinajstić information content (AvgIpc) is 3.53. The van der Waals surface area contributed by atoms with Gasteiger partial charge in [0.2, 0.25) is 0 Å². The minimum Gasteiger partial charge on any atom is -0.497 e. The quantitative estimate of drug-likeness (QED) is 0.107. The highest BCUT2D eigenvalue weighted by Gasteiger charge is 2.62. The van der Waals surface area contributed by atoms with Gasteiger partial charge in [-0.3, -0.25) is 15.6 Å². The van der Waals surface area contributed by atoms with E-state index in [1.54, 1.807) is 14.2 Å². The van der Waals surface area contributed by atoms with E-state index in [2.05, 4.69) is 42.3 Å². The summed E-state index contributed by atoms with van der Waals surface area (Å²) in [5.41, 5.74) is 10.7. The van der Waals surface area contributed by atoms with E-state index in [9.17, 15) is 4.79 Å². The molecule has 4 saturated carbocycles. The summed E-state index contributed by atoms with van der Waals surface area (Å²) in [5, 5.41) is 17.4. The molecule has 0 aliphatic heterocycles. The number of ether oxygens (including phenoxy) is 3. The number of fused-ring (bicyclic) bond motifs is 5. The van der Waals surface area contributed by atoms with Gasteiger partial charge in [0.05, 0.1) is 21.3 Å². The zero-order valence-electron chi connectivity index (χ0n) is 32.0. The molecule has 12 heteroatoms. The van der Waals surface area contributed by atoms with Crippen molar-refractivity contribution in [3.63, 3.8) is 0 Å². The van der Waals surface area contributed by atoms with E-state index < -0.39 is 0 Å². The topological polar surface area (TPSA) is 118 Å². The summed E-state index contributed by atoms with van der Waals surface area (Å²) >= 11 is 11.4. The molecule has 2 aromatic carbocycles. The predicted molar refractivity (Wildman–Crippen MR) is 221 cm³/mol. The van der Waals surface area contributed by atoms with Crippen molar-refractivity contribution < 1.29 is 19.0 Å². The third-order valence-electron chi connectivity index (χ3n) is 13.4. The van der Waals surface area contributed by atoms with Crippen LogP contribution in [0.4, 0.5) is 11.4 Å². The standard InChI is InChI=1S/C41H56N6O4S2/c1-25(7-18-37(48)51-6)32-16-17-33-31-24-36(45-47-39(53)43-27-10-14-30(50-5)15-11-27)35-23-28(19-21-41(35,3)34(31)20-22-40(32,33)2)44-46-38(52)42-26-8-12-29(49-4)13-9-26/h8-15,25,31-35H,7,16-24H2,1-6H3,(H2,42,46,52)(H2,43,47,53)/b44-28+,45-36+/t25-,31+,32-,33+,34+,35+,40-,41-/m1/s1. The monoisotopic (exact) mass is 760 g/mol. The van der Waals surface area contributed by atoms with Crippen molar-refractivity contribution in [1.82, 2.24) is 10.9 Å². The van der Waals surface area contributed by atoms with Crippen LogP contribution in [0, 0.1) is 46.3 Å². The minimum atomic E-state index is -0.106. The molecule has 4 aliphatic rings. The molecule has 4 N–H and O–H groups in total. The van der Waals surface area contributed by atoms with Crippen LogP contribution in [-0.4, -0.2) is 48.9 Å². The van der Waals surface area contributed by atoms with Crippen molar-refractivity contribution in [3.8, 4) is 11.5 Å². The van der Waals surface area contributed by atoms with Crippen LogP contribution in [0.5, 0.6) is 11.5 Å². The van der Waals surface area contributed by atoms with Gasteiger partial charge in [-0.1, -0.05) is 20.8 Å². The number of benzene rings is 2. The fourth-order valence-electron chi connectivity index (χ4n) is 10.6. The number of nitrogens with one attached hydrogen (secondary N) is 4. The molecule has 4 aliphatic carbocycles. The molecule has 0 spiro atoms. The summed E-state index contributed by atoms with van der Waals surface area (Å²) in [6, 6.07) is 15.4. The second-order valence-corrected chi connectivity index (χ2v) is 16.9. The largest absolute Gasteiger partial charge is 0.497 e. The van der Waals surface area contributed by atoms with Crippen LogP contribution in [0.1, 0.15) is 85.0 Å². The van der Waals surface area contributed by atoms with Crippen LogP contribution in [-0.2, 0) is 9.53 Å². The third kappa shape index (κ3) is 8.48. The van der Waals surface area contributed by atoms with Crippen LogP contribution in [0.15, 0.2) is 58.7 Å². The fourth-order valence-corrected chi connectivity index (χ4v) is 11.0. The van der Waals surface area contributed by atoms with Crippen molar-refractivity contribution in [1.29, 1.82) is 0 Å². The zero-order chi connectivity index (χ0) is 37.8. The van der Waals surface area contributed by atoms with Crippen LogP contribution in [0.25, 0.3) is 0 Å². The van der Waals surface area contributed by atoms with Gasteiger partial charge in [0.25, 0.3) is 0 Å². The van der Waals surface area contributed by atoms with Crippen LogP contribution < -0.4 is 31.0 Å². The van der Waals surface area contributed by atoms with E-state index in [-0.39, 0.29) is 22.7 Å². The van der Waals surface area contributed by atoms with Crippen LogP contribution in [0.2, 0.25) is 0 Å². The van der Waals surface area contributed by atoms with Gasteiger partial charge in [-0.25, -0.2) is 0 Å². The van der Waals surface area contributed by atoms with Gasteiger partial charge < -0.3 is 24.8 Å². The van der Waals surface area contributed by atoms with Gasteiger partial charge in [-0.2, -0.15) is 10.2 Å². The summed E-state index contributed by atoms with van der Waals surface area (Å²) in [6.07, 6.45) is 10.0. The van der Waals surface area contributed by atoms with Gasteiger partial charge in [-0.05, 0) is 171 Å². The summed E-state index contributed by atoms with van der Waals surface area (Å²) in [6.45, 7) is 7.43. The lowest BCUT2D eigenvalue weighted by Gasteiger charge is -2.61. The van der Waals surface area contributed by atoms with E-state index in [0.717, 1.165) is 60.7 Å². The van der Waals surface area contributed by atoms with E-state index in [4.69, 9.17) is 48.8 Å². The second-order valence-electron chi connectivity index (χ2n) is 16.0. The smallest absolute Gasteiger partial charge is 0.305 e. The molecule has 0 bridgehead atoms. The number of hydrogen-bond donors (Lipinski definition) is 4. The molecular weight excluding hydrogens is 705 g/mol. The molecule has 0 radical (unpaired) electrons. The normalized spacial score (nSPS) is 30.9. The maximum atomic E-state index is 12.0. The van der Waals surface area contributed by atoms with Crippen molar-refractivity contribution in [2.75, 3.05) is 32.0 Å². The Morgan fingerprint density at radius 3 is 1.98 bits per heavy atom. The lowest BCUT2D eigenvalue weighted by molar-refractivity contribution is -0.141. The Morgan fingerprint density at radius 1 is 0.811 bits per heavy atom. The molecule has 8 atom stereocenters. The van der Waals surface area contributed by atoms with E-state index in [1.165, 1.54) is 38.5 Å². The molecular formula is C41H56N6O4S2. The van der Waals surface area contributed by atoms with Crippen molar-refractivity contribution in [2.24, 2.45) is 56.5 Å². The number of nitrogens with zero attached hydrogens (tertiary/aromatic N) is 2. The third-order valence-corrected chi connectivity index (χ3v) is 13.8. The maximum Gasteiger partial charge on any atom is 0.305 e. The number of thiocarbonyl (C=S) groups is 2. The lowest BCUT2D eigenvalue weighted by Crippen LogP contribution is -2.57. The molecule has 53 heavy (non-hydrogen) atoms. The highest BCUT2D eigenvalue weighted by Crippen LogP contribution is 2.67. The van der Waals surface area contributed by atoms with E-state index in [0.29, 0.717) is 46.2 Å². The number of carbonyl (C=O) groups is 1. The number of rotatable bonds is 10. The molecule has 0 amide bonds. The average molecular weight is 761 g/mol. The Bertz CT molecular complexity index is 1700. The Morgan fingerprint density at radius 2 is 1.40 bits per heavy atom. The van der Waals surface area contributed by atoms with Crippen molar-refractivity contribution in [3.05, 3.63) is 48.5 Å². The predicted octanol–water partition coefficient (Wildman–Crippen LogP) is 8.55. The molecule has 0 saturated heterocycles. The molecule has 10 nitrogen and oxygen atoms in total. The van der Waals surface area contributed by atoms with Crippen molar-refractivity contribution in [2.45, 2.75) is 85.0 Å². The summed E-state index contributed by atoms with van der Waals surface area (Å²) in [5.74, 6) is 4.59. The maximum absolute atomic E-state index is 12.0. The van der Waals surface area contributed by atoms with Crippen LogP contribution in [0.3, 0.4) is 0 Å². The number of hydrogen-bond acceptors (Lipinski definition) is 8. The number of anilines is 2. The number of hydrazone groups is 2. The molecule has 0 aromatic heterocycles. The molecule has 0 unspecified atom stereocenters. The molecule has 4 fully saturated rings. The van der Waals surface area contributed by atoms with Crippen LogP contribution >= 0.6 is 24.4 Å². The van der Waals surface area contributed by atoms with Gasteiger partial charge in [0, 0.05) is 35.1 Å². The van der Waals surface area contributed by atoms with E-state index >= 15 is 0 Å². The first-order chi connectivity index (χ1) is 25.5. The minimum absolute atomic E-state index is 0.0885. The lowest BCUT2D eigenvalue weighted by atomic mass is 9.44. The number of methoxy groups -OCH3 is 3. The van der Waals surface area contributed by atoms with Gasteiger partial charge >= 0.3 is 5.97 Å². The molecule has 286 valence electrons. The first kappa shape index (κ1) is 38.9. The first-order valence-electron chi connectivity index (χ1n) is 19.1. The highest BCUT2D eigenvalue weighted by molar-refractivity contribution is 7.80. The van der Waals surface area contributed by atoms with E-state index in [1.807, 2.05) is 48.5 Å². The van der Waals surface area contributed by atoms with Gasteiger partial charge in [-0.15, -0.1) is 0 Å². The highest BCUT2D eigenvalue weighted by atomic mass is 32.1. The molecule has 6 rings (SSSR count). The Labute approximate surface area is 325 Å². The van der Waals surface area contributed by atoms with Gasteiger partial charge in [0.15, 0.2) is 10.2 Å². The summed E-state index contributed by atoms with van der Waals surface area (Å²) < 4.78 is 15.6. The fraction of sp³-hybridized carbons (Fsp3) is 0.585. The molecule has 0 heterocycles. The van der Waals surface area contributed by atoms with Gasteiger partial charge in [0.1, 0.15) is 11.5 Å². The Kier molecular flexibility index (Phi) is 12.3. The SMILES string of the molecule is COC(=O)CC[C@@H](C)[C@H]1CC[C@H]2[C@@H]3C/C(=N\NC(=S)Nc4ccc(OC)cc4)[C@@H]4C/C(=N/NC(=S)Nc5ccc(OC)cc5)CC[C@]4(C)[C@H]3CC[C@]12C. The van der Waals surface area contributed by atoms with Crippen molar-refractivity contribution >= 4 is 63.4 Å².